The highest BCUT2D eigenvalue weighted by Gasteiger charge is 2.27. The van der Waals surface area contributed by atoms with E-state index in [9.17, 15) is 14.4 Å². The van der Waals surface area contributed by atoms with Crippen molar-refractivity contribution in [1.29, 1.82) is 0 Å². The topological polar surface area (TPSA) is 92.0 Å². The number of hydrogen-bond acceptors (Lipinski definition) is 4. The molecule has 16 heavy (non-hydrogen) atoms. The van der Waals surface area contributed by atoms with Crippen LogP contribution in [0.3, 0.4) is 0 Å². The average molecular weight is 224 g/mol. The van der Waals surface area contributed by atoms with Crippen molar-refractivity contribution >= 4 is 5.97 Å². The van der Waals surface area contributed by atoms with Crippen LogP contribution in [0.1, 0.15) is 17.7 Å². The third kappa shape index (κ3) is 1.78. The van der Waals surface area contributed by atoms with Crippen molar-refractivity contribution in [1.82, 2.24) is 9.97 Å². The lowest BCUT2D eigenvalue weighted by molar-refractivity contribution is -0.145. The molecule has 6 heteroatoms. The van der Waals surface area contributed by atoms with Gasteiger partial charge in [0, 0.05) is 11.3 Å². The fourth-order valence-corrected chi connectivity index (χ4v) is 2.02. The van der Waals surface area contributed by atoms with Crippen molar-refractivity contribution in [3.63, 3.8) is 0 Å². The average Bonchev–Trinajstić information content (AvgIpc) is 2.27. The van der Waals surface area contributed by atoms with E-state index >= 15 is 0 Å². The minimum Gasteiger partial charge on any atom is -0.469 e. The lowest BCUT2D eigenvalue weighted by Crippen LogP contribution is -2.34. The van der Waals surface area contributed by atoms with Gasteiger partial charge in [0.25, 0.3) is 5.56 Å². The van der Waals surface area contributed by atoms with E-state index in [0.717, 1.165) is 0 Å². The number of esters is 1. The van der Waals surface area contributed by atoms with Crippen LogP contribution in [-0.4, -0.2) is 23.0 Å². The maximum Gasteiger partial charge on any atom is 0.325 e. The Labute approximate surface area is 90.7 Å². The molecule has 0 fully saturated rings. The number of H-pyrrole nitrogens is 2. The molecule has 1 heterocycles. The second-order valence-corrected chi connectivity index (χ2v) is 3.83. The summed E-state index contributed by atoms with van der Waals surface area (Å²) in [6, 6.07) is 0. The summed E-state index contributed by atoms with van der Waals surface area (Å²) in [6.45, 7) is 0. The number of aromatic nitrogens is 2. The molecule has 1 unspecified atom stereocenters. The Morgan fingerprint density at radius 3 is 2.81 bits per heavy atom. The minimum atomic E-state index is -0.500. The predicted octanol–water partition coefficient (Wildman–Crippen LogP) is -0.659. The maximum atomic E-state index is 11.5. The zero-order valence-corrected chi connectivity index (χ0v) is 8.83. The van der Waals surface area contributed by atoms with E-state index in [2.05, 4.69) is 14.7 Å². The fourth-order valence-electron chi connectivity index (χ4n) is 2.02. The van der Waals surface area contributed by atoms with Gasteiger partial charge in [-0.15, -0.1) is 0 Å². The second kappa shape index (κ2) is 3.96. The van der Waals surface area contributed by atoms with E-state index in [4.69, 9.17) is 0 Å². The van der Waals surface area contributed by atoms with Crippen molar-refractivity contribution in [3.05, 3.63) is 32.1 Å². The van der Waals surface area contributed by atoms with Gasteiger partial charge in [0.05, 0.1) is 13.0 Å². The van der Waals surface area contributed by atoms with Crippen molar-refractivity contribution in [2.45, 2.75) is 19.3 Å². The van der Waals surface area contributed by atoms with Gasteiger partial charge in [0.1, 0.15) is 0 Å². The van der Waals surface area contributed by atoms with Crippen molar-refractivity contribution in [2.24, 2.45) is 5.92 Å². The Morgan fingerprint density at radius 2 is 2.12 bits per heavy atom. The Morgan fingerprint density at radius 1 is 1.38 bits per heavy atom. The first-order valence-electron chi connectivity index (χ1n) is 5.04. The number of carbonyl (C=O) groups is 1. The van der Waals surface area contributed by atoms with Crippen LogP contribution in [-0.2, 0) is 22.4 Å². The van der Waals surface area contributed by atoms with Crippen LogP contribution < -0.4 is 11.2 Å². The molecule has 0 saturated carbocycles. The van der Waals surface area contributed by atoms with Gasteiger partial charge < -0.3 is 9.72 Å². The van der Waals surface area contributed by atoms with E-state index in [1.54, 1.807) is 0 Å². The highest BCUT2D eigenvalue weighted by atomic mass is 16.5. The number of fused-ring (bicyclic) bond motifs is 1. The van der Waals surface area contributed by atoms with Crippen LogP contribution in [0, 0.1) is 5.92 Å². The molecule has 1 atom stereocenters. The fraction of sp³-hybridized carbons (Fsp3) is 0.500. The largest absolute Gasteiger partial charge is 0.469 e. The second-order valence-electron chi connectivity index (χ2n) is 3.83. The zero-order valence-electron chi connectivity index (χ0n) is 8.83. The van der Waals surface area contributed by atoms with Crippen LogP contribution in [0.2, 0.25) is 0 Å². The van der Waals surface area contributed by atoms with Gasteiger partial charge in [-0.1, -0.05) is 0 Å². The van der Waals surface area contributed by atoms with E-state index < -0.39 is 11.2 Å². The number of aromatic amines is 2. The molecule has 0 radical (unpaired) electrons. The normalized spacial score (nSPS) is 18.9. The number of rotatable bonds is 1. The lowest BCUT2D eigenvalue weighted by atomic mass is 9.87. The summed E-state index contributed by atoms with van der Waals surface area (Å²) >= 11 is 0. The molecular formula is C10H12N2O4. The molecule has 2 rings (SSSR count). The molecule has 1 aromatic heterocycles. The number of methoxy groups -OCH3 is 1. The summed E-state index contributed by atoms with van der Waals surface area (Å²) in [5.41, 5.74) is 0.211. The SMILES string of the molecule is COC(=O)C1CCc2[nH]c(=O)[nH]c(=O)c2C1. The van der Waals surface area contributed by atoms with Gasteiger partial charge in [0.15, 0.2) is 0 Å². The summed E-state index contributed by atoms with van der Waals surface area (Å²) in [5, 5.41) is 0. The summed E-state index contributed by atoms with van der Waals surface area (Å²) in [6.07, 6.45) is 1.45. The van der Waals surface area contributed by atoms with Crippen LogP contribution in [0.15, 0.2) is 9.59 Å². The van der Waals surface area contributed by atoms with E-state index in [1.165, 1.54) is 7.11 Å². The quantitative estimate of drug-likeness (QED) is 0.619. The smallest absolute Gasteiger partial charge is 0.325 e. The Balaban J connectivity index is 2.37. The summed E-state index contributed by atoms with van der Waals surface area (Å²) < 4.78 is 4.65. The molecule has 0 aromatic carbocycles. The van der Waals surface area contributed by atoms with Crippen LogP contribution in [0.5, 0.6) is 0 Å². The standard InChI is InChI=1S/C10H12N2O4/c1-16-9(14)5-2-3-7-6(4-5)8(13)12-10(15)11-7/h5H,2-4H2,1H3,(H2,11,12,13,15). The van der Waals surface area contributed by atoms with E-state index in [-0.39, 0.29) is 11.9 Å². The summed E-state index contributed by atoms with van der Waals surface area (Å²) in [5.74, 6) is -0.597. The zero-order chi connectivity index (χ0) is 11.7. The van der Waals surface area contributed by atoms with Gasteiger partial charge >= 0.3 is 11.7 Å². The molecule has 0 saturated heterocycles. The van der Waals surface area contributed by atoms with Crippen molar-refractivity contribution in [3.8, 4) is 0 Å². The molecule has 2 N–H and O–H groups in total. The summed E-state index contributed by atoms with van der Waals surface area (Å²) in [7, 11) is 1.33. The molecule has 0 spiro atoms. The number of ether oxygens (including phenoxy) is 1. The summed E-state index contributed by atoms with van der Waals surface area (Å²) in [4.78, 5) is 38.6. The number of carbonyl (C=O) groups excluding carboxylic acids is 1. The Kier molecular flexibility index (Phi) is 2.64. The van der Waals surface area contributed by atoms with Gasteiger partial charge in [-0.2, -0.15) is 0 Å². The lowest BCUT2D eigenvalue weighted by Gasteiger charge is -2.20. The van der Waals surface area contributed by atoms with Gasteiger partial charge in [-0.05, 0) is 19.3 Å². The molecule has 1 aromatic rings. The molecule has 86 valence electrons. The Hall–Kier alpha value is -1.85. The maximum absolute atomic E-state index is 11.5. The number of aryl methyl sites for hydroxylation is 1. The minimum absolute atomic E-state index is 0.287. The first-order chi connectivity index (χ1) is 7.61. The van der Waals surface area contributed by atoms with Crippen LogP contribution in [0.4, 0.5) is 0 Å². The molecular weight excluding hydrogens is 212 g/mol. The molecule has 0 bridgehead atoms. The van der Waals surface area contributed by atoms with Crippen molar-refractivity contribution < 1.29 is 9.53 Å². The predicted molar refractivity (Wildman–Crippen MR) is 55.2 cm³/mol. The number of nitrogens with one attached hydrogen (secondary N) is 2. The molecule has 6 nitrogen and oxygen atoms in total. The van der Waals surface area contributed by atoms with E-state index in [0.29, 0.717) is 30.5 Å². The first kappa shape index (κ1) is 10.7. The molecule has 1 aliphatic carbocycles. The van der Waals surface area contributed by atoms with E-state index in [1.807, 2.05) is 0 Å². The molecule has 0 amide bonds. The number of hydrogen-bond donors (Lipinski definition) is 2. The monoisotopic (exact) mass is 224 g/mol. The first-order valence-corrected chi connectivity index (χ1v) is 5.04. The third-order valence-corrected chi connectivity index (χ3v) is 2.86. The molecule has 1 aliphatic rings. The van der Waals surface area contributed by atoms with Crippen LogP contribution in [0.25, 0.3) is 0 Å². The molecule has 0 aliphatic heterocycles. The van der Waals surface area contributed by atoms with Crippen LogP contribution >= 0.6 is 0 Å². The highest BCUT2D eigenvalue weighted by Crippen LogP contribution is 2.21. The van der Waals surface area contributed by atoms with Gasteiger partial charge in [-0.3, -0.25) is 14.6 Å². The third-order valence-electron chi connectivity index (χ3n) is 2.86. The van der Waals surface area contributed by atoms with Gasteiger partial charge in [0.2, 0.25) is 0 Å². The highest BCUT2D eigenvalue weighted by molar-refractivity contribution is 5.73. The van der Waals surface area contributed by atoms with Gasteiger partial charge in [-0.25, -0.2) is 4.79 Å². The van der Waals surface area contributed by atoms with Crippen molar-refractivity contribution in [2.75, 3.05) is 7.11 Å². The Bertz CT molecular complexity index is 528.